The second-order valence-corrected chi connectivity index (χ2v) is 5.85. The number of nitrogens with zero attached hydrogens (tertiary/aromatic N) is 4. The van der Waals surface area contributed by atoms with E-state index < -0.39 is 18.6 Å². The fourth-order valence-electron chi connectivity index (χ4n) is 2.46. The van der Waals surface area contributed by atoms with Gasteiger partial charge in [-0.3, -0.25) is 14.2 Å². The van der Waals surface area contributed by atoms with Crippen LogP contribution in [0.1, 0.15) is 27.7 Å². The number of amides is 1. The number of halogens is 3. The summed E-state index contributed by atoms with van der Waals surface area (Å²) < 4.78 is 44.9. The number of hydrogen-bond acceptors (Lipinski definition) is 4. The third-order valence-corrected chi connectivity index (χ3v) is 3.53. The Hall–Kier alpha value is -3.04. The number of alkyl halides is 3. The number of carbonyl (C=O) groups is 1. The van der Waals surface area contributed by atoms with E-state index in [9.17, 15) is 18.0 Å². The fourth-order valence-corrected chi connectivity index (χ4v) is 2.46. The van der Waals surface area contributed by atoms with Crippen LogP contribution >= 0.6 is 0 Å². The molecule has 0 aliphatic rings. The average molecular weight is 367 g/mol. The maximum atomic E-state index is 12.3. The number of carbonyl (C=O) groups excluding carboxylic acids is 1. The van der Waals surface area contributed by atoms with Gasteiger partial charge in [-0.05, 0) is 32.0 Å². The van der Waals surface area contributed by atoms with Gasteiger partial charge in [-0.15, -0.1) is 0 Å². The quantitative estimate of drug-likeness (QED) is 0.751. The van der Waals surface area contributed by atoms with E-state index >= 15 is 0 Å². The number of nitrogens with one attached hydrogen (secondary N) is 1. The molecule has 10 heteroatoms. The molecule has 0 saturated carbocycles. The van der Waals surface area contributed by atoms with Gasteiger partial charge in [-0.25, -0.2) is 0 Å². The fraction of sp³-hybridized carbons (Fsp3) is 0.312. The summed E-state index contributed by atoms with van der Waals surface area (Å²) in [5.41, 5.74) is 1.99. The number of furan rings is 1. The van der Waals surface area contributed by atoms with Crippen molar-refractivity contribution in [3.8, 4) is 0 Å². The second kappa shape index (κ2) is 6.70. The molecule has 26 heavy (non-hydrogen) atoms. The number of hydrogen-bond donors (Lipinski definition) is 1. The van der Waals surface area contributed by atoms with Gasteiger partial charge in [-0.1, -0.05) is 0 Å². The van der Waals surface area contributed by atoms with Crippen LogP contribution in [0, 0.1) is 13.8 Å². The Morgan fingerprint density at radius 1 is 1.31 bits per heavy atom. The predicted octanol–water partition coefficient (Wildman–Crippen LogP) is 3.15. The van der Waals surface area contributed by atoms with Crippen molar-refractivity contribution in [2.24, 2.45) is 0 Å². The molecule has 3 heterocycles. The smallest absolute Gasteiger partial charge is 0.408 e. The first-order valence-electron chi connectivity index (χ1n) is 7.70. The van der Waals surface area contributed by atoms with E-state index in [-0.39, 0.29) is 11.4 Å². The van der Waals surface area contributed by atoms with E-state index in [0.717, 1.165) is 23.8 Å². The highest BCUT2D eigenvalue weighted by molar-refractivity contribution is 6.02. The summed E-state index contributed by atoms with van der Waals surface area (Å²) in [6.07, 6.45) is -2.14. The molecule has 7 nitrogen and oxygen atoms in total. The molecule has 1 amide bonds. The molecule has 0 radical (unpaired) electrons. The Morgan fingerprint density at radius 2 is 2.08 bits per heavy atom. The van der Waals surface area contributed by atoms with E-state index in [1.165, 1.54) is 6.07 Å². The predicted molar refractivity (Wildman–Crippen MR) is 85.7 cm³/mol. The van der Waals surface area contributed by atoms with Crippen molar-refractivity contribution >= 4 is 11.6 Å². The van der Waals surface area contributed by atoms with Gasteiger partial charge in [0.15, 0.2) is 5.76 Å². The van der Waals surface area contributed by atoms with Gasteiger partial charge in [0.1, 0.15) is 12.3 Å². The zero-order valence-corrected chi connectivity index (χ0v) is 14.0. The Bertz CT molecular complexity index is 923. The first-order chi connectivity index (χ1) is 12.2. The van der Waals surface area contributed by atoms with Crippen molar-refractivity contribution in [2.45, 2.75) is 33.1 Å². The van der Waals surface area contributed by atoms with Crippen LogP contribution in [0.3, 0.4) is 0 Å². The number of aryl methyl sites for hydroxylation is 2. The van der Waals surface area contributed by atoms with Crippen LogP contribution in [0.2, 0.25) is 0 Å². The lowest BCUT2D eigenvalue weighted by Crippen LogP contribution is -2.17. The molecular weight excluding hydrogens is 351 g/mol. The Balaban J connectivity index is 1.64. The van der Waals surface area contributed by atoms with E-state index in [2.05, 4.69) is 15.5 Å². The molecule has 0 spiro atoms. The maximum Gasteiger partial charge on any atom is 0.408 e. The summed E-state index contributed by atoms with van der Waals surface area (Å²) in [5, 5.41) is 10.3. The molecular formula is C16H16F3N5O2. The first kappa shape index (κ1) is 17.8. The highest BCUT2D eigenvalue weighted by atomic mass is 19.4. The SMILES string of the molecule is Cc1cc(C)n(Cc2ccc(C(=O)Nc3cnn(CC(F)(F)F)c3)o2)n1. The van der Waals surface area contributed by atoms with Crippen molar-refractivity contribution in [2.75, 3.05) is 5.32 Å². The summed E-state index contributed by atoms with van der Waals surface area (Å²) in [6, 6.07) is 5.07. The summed E-state index contributed by atoms with van der Waals surface area (Å²) in [6.45, 7) is 2.94. The van der Waals surface area contributed by atoms with Gasteiger partial charge in [0.25, 0.3) is 5.91 Å². The van der Waals surface area contributed by atoms with Gasteiger partial charge < -0.3 is 9.73 Å². The van der Waals surface area contributed by atoms with Gasteiger partial charge >= 0.3 is 6.18 Å². The second-order valence-electron chi connectivity index (χ2n) is 5.85. The first-order valence-corrected chi connectivity index (χ1v) is 7.70. The summed E-state index contributed by atoms with van der Waals surface area (Å²) in [4.78, 5) is 12.2. The molecule has 1 N–H and O–H groups in total. The molecule has 0 unspecified atom stereocenters. The highest BCUT2D eigenvalue weighted by Gasteiger charge is 2.28. The van der Waals surface area contributed by atoms with Crippen molar-refractivity contribution in [1.29, 1.82) is 0 Å². The molecule has 0 bridgehead atoms. The molecule has 0 fully saturated rings. The number of aromatic nitrogens is 4. The lowest BCUT2D eigenvalue weighted by molar-refractivity contribution is -0.142. The zero-order valence-electron chi connectivity index (χ0n) is 14.0. The maximum absolute atomic E-state index is 12.3. The minimum absolute atomic E-state index is 0.0464. The number of rotatable bonds is 5. The summed E-state index contributed by atoms with van der Waals surface area (Å²) in [5.74, 6) is 0.00963. The van der Waals surface area contributed by atoms with E-state index in [1.807, 2.05) is 19.9 Å². The molecule has 3 aromatic heterocycles. The van der Waals surface area contributed by atoms with Crippen LogP contribution < -0.4 is 5.32 Å². The van der Waals surface area contributed by atoms with Crippen LogP contribution in [0.25, 0.3) is 0 Å². The zero-order chi connectivity index (χ0) is 18.9. The van der Waals surface area contributed by atoms with Gasteiger partial charge in [0.05, 0.1) is 24.1 Å². The van der Waals surface area contributed by atoms with Crippen LogP contribution in [-0.4, -0.2) is 31.6 Å². The minimum atomic E-state index is -4.38. The topological polar surface area (TPSA) is 77.9 Å². The third kappa shape index (κ3) is 4.32. The minimum Gasteiger partial charge on any atom is -0.454 e. The molecule has 138 valence electrons. The lowest BCUT2D eigenvalue weighted by atomic mass is 10.4. The molecule has 3 aromatic rings. The normalized spacial score (nSPS) is 11.7. The lowest BCUT2D eigenvalue weighted by Gasteiger charge is -2.05. The van der Waals surface area contributed by atoms with Gasteiger partial charge in [0, 0.05) is 11.9 Å². The summed E-state index contributed by atoms with van der Waals surface area (Å²) in [7, 11) is 0. The van der Waals surface area contributed by atoms with Crippen LogP contribution in [0.5, 0.6) is 0 Å². The molecule has 0 aliphatic heterocycles. The van der Waals surface area contributed by atoms with E-state index in [0.29, 0.717) is 17.0 Å². The molecule has 0 saturated heterocycles. The van der Waals surface area contributed by atoms with Crippen molar-refractivity contribution in [3.63, 3.8) is 0 Å². The molecule has 3 rings (SSSR count). The van der Waals surface area contributed by atoms with Crippen LogP contribution in [0.4, 0.5) is 18.9 Å². The van der Waals surface area contributed by atoms with E-state index in [1.54, 1.807) is 10.7 Å². The summed E-state index contributed by atoms with van der Waals surface area (Å²) >= 11 is 0. The third-order valence-electron chi connectivity index (χ3n) is 3.53. The highest BCUT2D eigenvalue weighted by Crippen LogP contribution is 2.19. The van der Waals surface area contributed by atoms with Crippen molar-refractivity contribution < 1.29 is 22.4 Å². The van der Waals surface area contributed by atoms with Crippen LogP contribution in [-0.2, 0) is 13.1 Å². The molecule has 0 aromatic carbocycles. The molecule has 0 atom stereocenters. The Morgan fingerprint density at radius 3 is 2.73 bits per heavy atom. The largest absolute Gasteiger partial charge is 0.454 e. The van der Waals surface area contributed by atoms with Crippen molar-refractivity contribution in [1.82, 2.24) is 19.6 Å². The molecule has 0 aliphatic carbocycles. The van der Waals surface area contributed by atoms with Crippen molar-refractivity contribution in [3.05, 3.63) is 53.5 Å². The van der Waals surface area contributed by atoms with Gasteiger partial charge in [-0.2, -0.15) is 23.4 Å². The van der Waals surface area contributed by atoms with E-state index in [4.69, 9.17) is 4.42 Å². The Labute approximate surface area is 146 Å². The Kier molecular flexibility index (Phi) is 4.58. The standard InChI is InChI=1S/C16H16F3N5O2/c1-10-5-11(2)24(22-10)8-13-3-4-14(26-13)15(25)21-12-6-20-23(7-12)9-16(17,18)19/h3-7H,8-9H2,1-2H3,(H,21,25). The van der Waals surface area contributed by atoms with Gasteiger partial charge in [0.2, 0.25) is 0 Å². The monoisotopic (exact) mass is 367 g/mol. The van der Waals surface area contributed by atoms with Crippen LogP contribution in [0.15, 0.2) is 35.0 Å². The number of anilines is 1. The average Bonchev–Trinajstić information content (AvgIpc) is 3.20.